The predicted molar refractivity (Wildman–Crippen MR) is 64.9 cm³/mol. The summed E-state index contributed by atoms with van der Waals surface area (Å²) in [5, 5.41) is 0. The standard InChI is InChI=1S/C13H19N/c1-6-11-7-8-12(10(2)3)13(9-11)14(4)5/h7-9H,2,6H2,1,3-5H3. The van der Waals surface area contributed by atoms with E-state index < -0.39 is 0 Å². The van der Waals surface area contributed by atoms with Crippen LogP contribution >= 0.6 is 0 Å². The molecular weight excluding hydrogens is 170 g/mol. The first-order chi connectivity index (χ1) is 6.56. The molecule has 1 heteroatoms. The van der Waals surface area contributed by atoms with Gasteiger partial charge in [-0.15, -0.1) is 0 Å². The normalized spacial score (nSPS) is 10.0. The van der Waals surface area contributed by atoms with Gasteiger partial charge in [-0.25, -0.2) is 0 Å². The molecule has 0 heterocycles. The van der Waals surface area contributed by atoms with Crippen molar-refractivity contribution >= 4 is 11.3 Å². The summed E-state index contributed by atoms with van der Waals surface area (Å²) in [5.41, 5.74) is 5.00. The van der Waals surface area contributed by atoms with Crippen LogP contribution in [0, 0.1) is 0 Å². The van der Waals surface area contributed by atoms with Gasteiger partial charge >= 0.3 is 0 Å². The van der Waals surface area contributed by atoms with Crippen LogP contribution in [0.4, 0.5) is 5.69 Å². The maximum Gasteiger partial charge on any atom is 0.0439 e. The number of hydrogen-bond acceptors (Lipinski definition) is 1. The zero-order valence-electron chi connectivity index (χ0n) is 9.59. The van der Waals surface area contributed by atoms with Crippen LogP contribution in [-0.2, 0) is 6.42 Å². The molecule has 0 spiro atoms. The molecule has 0 aliphatic heterocycles. The molecule has 1 aromatic carbocycles. The van der Waals surface area contributed by atoms with Gasteiger partial charge in [0.05, 0.1) is 0 Å². The van der Waals surface area contributed by atoms with E-state index in [1.165, 1.54) is 16.8 Å². The molecule has 0 aliphatic carbocycles. The number of nitrogens with zero attached hydrogens (tertiary/aromatic N) is 1. The lowest BCUT2D eigenvalue weighted by Crippen LogP contribution is -2.11. The topological polar surface area (TPSA) is 3.24 Å². The molecule has 0 fully saturated rings. The molecule has 1 nitrogen and oxygen atoms in total. The van der Waals surface area contributed by atoms with Crippen LogP contribution in [-0.4, -0.2) is 14.1 Å². The van der Waals surface area contributed by atoms with Crippen molar-refractivity contribution in [3.8, 4) is 0 Å². The Bertz CT molecular complexity index is 337. The van der Waals surface area contributed by atoms with E-state index in [2.05, 4.69) is 50.7 Å². The maximum absolute atomic E-state index is 4.00. The molecule has 14 heavy (non-hydrogen) atoms. The van der Waals surface area contributed by atoms with E-state index in [-0.39, 0.29) is 0 Å². The molecular formula is C13H19N. The Labute approximate surface area is 87.1 Å². The van der Waals surface area contributed by atoms with Crippen LogP contribution < -0.4 is 4.90 Å². The quantitative estimate of drug-likeness (QED) is 0.705. The summed E-state index contributed by atoms with van der Waals surface area (Å²) < 4.78 is 0. The smallest absolute Gasteiger partial charge is 0.0439 e. The first-order valence-corrected chi connectivity index (χ1v) is 5.02. The second kappa shape index (κ2) is 4.32. The van der Waals surface area contributed by atoms with Crippen molar-refractivity contribution < 1.29 is 0 Å². The molecule has 0 atom stereocenters. The largest absolute Gasteiger partial charge is 0.377 e. The van der Waals surface area contributed by atoms with Gasteiger partial charge in [0.15, 0.2) is 0 Å². The van der Waals surface area contributed by atoms with E-state index in [1.807, 2.05) is 6.92 Å². The highest BCUT2D eigenvalue weighted by atomic mass is 15.1. The van der Waals surface area contributed by atoms with Gasteiger partial charge in [0.2, 0.25) is 0 Å². The fourth-order valence-corrected chi connectivity index (χ4v) is 1.53. The van der Waals surface area contributed by atoms with Gasteiger partial charge in [-0.1, -0.05) is 25.6 Å². The lowest BCUT2D eigenvalue weighted by atomic mass is 10.0. The first kappa shape index (κ1) is 10.8. The molecule has 0 unspecified atom stereocenters. The Morgan fingerprint density at radius 1 is 1.36 bits per heavy atom. The van der Waals surface area contributed by atoms with Gasteiger partial charge in [-0.2, -0.15) is 0 Å². The fourth-order valence-electron chi connectivity index (χ4n) is 1.53. The number of rotatable bonds is 3. The molecule has 0 bridgehead atoms. The predicted octanol–water partition coefficient (Wildman–Crippen LogP) is 3.35. The molecule has 0 saturated carbocycles. The molecule has 0 saturated heterocycles. The fraction of sp³-hybridized carbons (Fsp3) is 0.385. The van der Waals surface area contributed by atoms with Crippen LogP contribution in [0.5, 0.6) is 0 Å². The number of aryl methyl sites for hydroxylation is 1. The second-order valence-corrected chi connectivity index (χ2v) is 3.88. The van der Waals surface area contributed by atoms with Crippen LogP contribution in [0.3, 0.4) is 0 Å². The molecule has 1 aromatic rings. The van der Waals surface area contributed by atoms with Crippen LogP contribution in [0.2, 0.25) is 0 Å². The van der Waals surface area contributed by atoms with Crippen molar-refractivity contribution in [2.45, 2.75) is 20.3 Å². The lowest BCUT2D eigenvalue weighted by Gasteiger charge is -2.18. The average molecular weight is 189 g/mol. The van der Waals surface area contributed by atoms with Crippen molar-refractivity contribution in [1.29, 1.82) is 0 Å². The summed E-state index contributed by atoms with van der Waals surface area (Å²) in [7, 11) is 4.14. The minimum Gasteiger partial charge on any atom is -0.377 e. The Kier molecular flexibility index (Phi) is 3.34. The van der Waals surface area contributed by atoms with Crippen molar-refractivity contribution in [2.24, 2.45) is 0 Å². The van der Waals surface area contributed by atoms with Crippen molar-refractivity contribution in [3.05, 3.63) is 35.9 Å². The first-order valence-electron chi connectivity index (χ1n) is 5.02. The average Bonchev–Trinajstić information content (AvgIpc) is 2.16. The Hall–Kier alpha value is -1.24. The summed E-state index contributed by atoms with van der Waals surface area (Å²) in [6.07, 6.45) is 1.08. The summed E-state index contributed by atoms with van der Waals surface area (Å²) in [6.45, 7) is 8.22. The van der Waals surface area contributed by atoms with Gasteiger partial charge in [-0.05, 0) is 30.5 Å². The van der Waals surface area contributed by atoms with Gasteiger partial charge in [0.1, 0.15) is 0 Å². The highest BCUT2D eigenvalue weighted by molar-refractivity contribution is 5.74. The lowest BCUT2D eigenvalue weighted by molar-refractivity contribution is 1.09. The zero-order valence-corrected chi connectivity index (χ0v) is 9.59. The minimum atomic E-state index is 1.08. The van der Waals surface area contributed by atoms with Gasteiger partial charge in [0.25, 0.3) is 0 Å². The highest BCUT2D eigenvalue weighted by Crippen LogP contribution is 2.26. The molecule has 0 aliphatic rings. The van der Waals surface area contributed by atoms with Crippen molar-refractivity contribution in [3.63, 3.8) is 0 Å². The van der Waals surface area contributed by atoms with E-state index in [4.69, 9.17) is 0 Å². The van der Waals surface area contributed by atoms with E-state index in [0.29, 0.717) is 0 Å². The van der Waals surface area contributed by atoms with Gasteiger partial charge < -0.3 is 4.90 Å². The molecule has 76 valence electrons. The number of hydrogen-bond donors (Lipinski definition) is 0. The second-order valence-electron chi connectivity index (χ2n) is 3.88. The molecule has 0 N–H and O–H groups in total. The SMILES string of the molecule is C=C(C)c1ccc(CC)cc1N(C)C. The van der Waals surface area contributed by atoms with Crippen LogP contribution in [0.25, 0.3) is 5.57 Å². The van der Waals surface area contributed by atoms with Crippen molar-refractivity contribution in [1.82, 2.24) is 0 Å². The minimum absolute atomic E-state index is 1.08. The summed E-state index contributed by atoms with van der Waals surface area (Å²) in [5.74, 6) is 0. The highest BCUT2D eigenvalue weighted by Gasteiger charge is 2.05. The third-order valence-corrected chi connectivity index (χ3v) is 2.41. The van der Waals surface area contributed by atoms with E-state index in [9.17, 15) is 0 Å². The zero-order chi connectivity index (χ0) is 10.7. The Morgan fingerprint density at radius 2 is 2.00 bits per heavy atom. The Balaban J connectivity index is 3.24. The summed E-state index contributed by atoms with van der Waals surface area (Å²) >= 11 is 0. The molecule has 0 radical (unpaired) electrons. The summed E-state index contributed by atoms with van der Waals surface area (Å²) in [6, 6.07) is 6.58. The Morgan fingerprint density at radius 3 is 2.43 bits per heavy atom. The van der Waals surface area contributed by atoms with E-state index in [0.717, 1.165) is 12.0 Å². The molecule has 0 aromatic heterocycles. The number of anilines is 1. The monoisotopic (exact) mass is 189 g/mol. The van der Waals surface area contributed by atoms with Crippen LogP contribution in [0.1, 0.15) is 25.0 Å². The summed E-state index contributed by atoms with van der Waals surface area (Å²) in [4.78, 5) is 2.14. The van der Waals surface area contributed by atoms with E-state index in [1.54, 1.807) is 0 Å². The number of allylic oxidation sites excluding steroid dienone is 1. The maximum atomic E-state index is 4.00. The number of benzene rings is 1. The van der Waals surface area contributed by atoms with Gasteiger partial charge in [0, 0.05) is 25.3 Å². The molecule has 1 rings (SSSR count). The van der Waals surface area contributed by atoms with Crippen LogP contribution in [0.15, 0.2) is 24.8 Å². The van der Waals surface area contributed by atoms with E-state index >= 15 is 0 Å². The van der Waals surface area contributed by atoms with Gasteiger partial charge in [-0.3, -0.25) is 0 Å². The van der Waals surface area contributed by atoms with Crippen molar-refractivity contribution in [2.75, 3.05) is 19.0 Å². The third kappa shape index (κ3) is 2.16. The third-order valence-electron chi connectivity index (χ3n) is 2.41. The molecule has 0 amide bonds.